The number of carbonyl (C=O) groups excluding carboxylic acids is 3. The minimum Gasteiger partial charge on any atom is -0.868 e. The fraction of sp³-hybridized carbons (Fsp3) is 0. The second-order valence-corrected chi connectivity index (χ2v) is 6.38. The van der Waals surface area contributed by atoms with Crippen molar-refractivity contribution in [3.05, 3.63) is 67.7 Å². The second kappa shape index (κ2) is 7.29. The molecule has 11 heteroatoms. The molecule has 0 aromatic heterocycles. The van der Waals surface area contributed by atoms with Crippen LogP contribution in [0.15, 0.2) is 42.0 Å². The molecule has 2 aromatic carbocycles. The van der Waals surface area contributed by atoms with Crippen LogP contribution in [0.1, 0.15) is 5.56 Å². The number of rotatable bonds is 3. The summed E-state index contributed by atoms with van der Waals surface area (Å²) in [5.74, 6) is -2.81. The maximum absolute atomic E-state index is 12.8. The molecule has 1 fully saturated rings. The Morgan fingerprint density at radius 1 is 1.07 bits per heavy atom. The Morgan fingerprint density at radius 3 is 2.43 bits per heavy atom. The lowest BCUT2D eigenvalue weighted by Crippen LogP contribution is -2.54. The van der Waals surface area contributed by atoms with Crippen molar-refractivity contribution in [2.24, 2.45) is 0 Å². The van der Waals surface area contributed by atoms with E-state index in [0.29, 0.717) is 4.90 Å². The fourth-order valence-electron chi connectivity index (χ4n) is 2.47. The number of nitrogens with zero attached hydrogens (tertiary/aromatic N) is 2. The quantitative estimate of drug-likeness (QED) is 0.351. The first kappa shape index (κ1) is 19.3. The molecule has 1 N–H and O–H groups in total. The molecule has 1 heterocycles. The van der Waals surface area contributed by atoms with E-state index >= 15 is 0 Å². The average Bonchev–Trinajstić information content (AvgIpc) is 2.61. The van der Waals surface area contributed by atoms with Gasteiger partial charge in [0, 0.05) is 11.1 Å². The smallest absolute Gasteiger partial charge is 0.335 e. The number of carbonyl (C=O) groups is 3. The number of amides is 4. The first-order valence-electron chi connectivity index (χ1n) is 7.51. The Bertz CT molecular complexity index is 1080. The maximum Gasteiger partial charge on any atom is 0.335 e. The zero-order chi connectivity index (χ0) is 20.6. The first-order chi connectivity index (χ1) is 13.2. The summed E-state index contributed by atoms with van der Waals surface area (Å²) in [5.41, 5.74) is -1.14. The van der Waals surface area contributed by atoms with E-state index in [1.807, 2.05) is 5.32 Å². The molecule has 4 amide bonds. The molecule has 0 unspecified atom stereocenters. The van der Waals surface area contributed by atoms with Crippen molar-refractivity contribution < 1.29 is 24.4 Å². The number of nitrogens with one attached hydrogen (secondary N) is 1. The maximum atomic E-state index is 12.8. The van der Waals surface area contributed by atoms with Gasteiger partial charge in [0.1, 0.15) is 5.57 Å². The molecule has 2 aromatic rings. The molecule has 1 aliphatic rings. The third kappa shape index (κ3) is 3.53. The number of hydrogen-bond acceptors (Lipinski definition) is 6. The van der Waals surface area contributed by atoms with Crippen molar-refractivity contribution in [1.29, 1.82) is 0 Å². The molecule has 3 rings (SSSR count). The second-order valence-electron chi connectivity index (χ2n) is 5.54. The zero-order valence-corrected chi connectivity index (χ0v) is 15.2. The molecule has 0 bridgehead atoms. The molecule has 0 atom stereocenters. The molecule has 1 aliphatic heterocycles. The van der Waals surface area contributed by atoms with Gasteiger partial charge in [-0.1, -0.05) is 35.3 Å². The first-order valence-corrected chi connectivity index (χ1v) is 8.26. The summed E-state index contributed by atoms with van der Waals surface area (Å²) in [6.07, 6.45) is 1.04. The number of barbiturate groups is 1. The standard InChI is InChI=1S/C17H9Cl2N3O6/c18-9-2-3-12(11(19)7-9)21-16(25)10(15(24)20-17(21)26)5-8-1-4-14(23)13(6-8)22(27)28/h1-7,23H,(H,20,24,26)/p-1/b10-5-. The van der Waals surface area contributed by atoms with E-state index in [2.05, 4.69) is 0 Å². The van der Waals surface area contributed by atoms with Crippen LogP contribution in [0.25, 0.3) is 6.08 Å². The van der Waals surface area contributed by atoms with Gasteiger partial charge in [0.2, 0.25) is 0 Å². The van der Waals surface area contributed by atoms with Crippen molar-refractivity contribution in [1.82, 2.24) is 5.32 Å². The van der Waals surface area contributed by atoms with Crippen LogP contribution in [0.3, 0.4) is 0 Å². The normalized spacial score (nSPS) is 15.7. The van der Waals surface area contributed by atoms with E-state index < -0.39 is 39.8 Å². The Labute approximate surface area is 166 Å². The summed E-state index contributed by atoms with van der Waals surface area (Å²) >= 11 is 11.8. The van der Waals surface area contributed by atoms with Crippen LogP contribution in [0.5, 0.6) is 5.75 Å². The van der Waals surface area contributed by atoms with Gasteiger partial charge in [-0.05, 0) is 35.6 Å². The van der Waals surface area contributed by atoms with Gasteiger partial charge < -0.3 is 5.11 Å². The van der Waals surface area contributed by atoms with Crippen molar-refractivity contribution in [3.8, 4) is 5.75 Å². The summed E-state index contributed by atoms with van der Waals surface area (Å²) in [4.78, 5) is 47.7. The highest BCUT2D eigenvalue weighted by Gasteiger charge is 2.37. The third-order valence-electron chi connectivity index (χ3n) is 3.74. The van der Waals surface area contributed by atoms with Crippen LogP contribution in [0.4, 0.5) is 16.2 Å². The summed E-state index contributed by atoms with van der Waals surface area (Å²) in [5, 5.41) is 24.7. The number of halogens is 2. The minimum absolute atomic E-state index is 0.00366. The van der Waals surface area contributed by atoms with Crippen molar-refractivity contribution in [2.75, 3.05) is 4.90 Å². The van der Waals surface area contributed by atoms with Crippen LogP contribution < -0.4 is 15.3 Å². The lowest BCUT2D eigenvalue weighted by Gasteiger charge is -2.27. The van der Waals surface area contributed by atoms with E-state index in [0.717, 1.165) is 18.2 Å². The highest BCUT2D eigenvalue weighted by molar-refractivity contribution is 6.42. The minimum atomic E-state index is -1.02. The van der Waals surface area contributed by atoms with Gasteiger partial charge in [0.25, 0.3) is 17.5 Å². The van der Waals surface area contributed by atoms with Gasteiger partial charge >= 0.3 is 6.03 Å². The average molecular weight is 421 g/mol. The number of urea groups is 1. The molecular weight excluding hydrogens is 413 g/mol. The Balaban J connectivity index is 2.06. The van der Waals surface area contributed by atoms with Crippen molar-refractivity contribution in [2.45, 2.75) is 0 Å². The van der Waals surface area contributed by atoms with E-state index in [1.54, 1.807) is 0 Å². The number of nitro groups is 1. The largest absolute Gasteiger partial charge is 0.868 e. The number of imide groups is 2. The van der Waals surface area contributed by atoms with Crippen molar-refractivity contribution >= 4 is 58.5 Å². The Morgan fingerprint density at radius 2 is 1.79 bits per heavy atom. The van der Waals surface area contributed by atoms with Gasteiger partial charge in [-0.25, -0.2) is 9.69 Å². The molecule has 142 valence electrons. The van der Waals surface area contributed by atoms with Crippen molar-refractivity contribution in [3.63, 3.8) is 0 Å². The van der Waals surface area contributed by atoms with E-state index in [4.69, 9.17) is 23.2 Å². The zero-order valence-electron chi connectivity index (χ0n) is 13.6. The van der Waals surface area contributed by atoms with Gasteiger partial charge in [0.15, 0.2) is 0 Å². The molecule has 1 saturated heterocycles. The highest BCUT2D eigenvalue weighted by Crippen LogP contribution is 2.32. The van der Waals surface area contributed by atoms with Gasteiger partial charge in [-0.3, -0.25) is 25.0 Å². The monoisotopic (exact) mass is 420 g/mol. The number of nitro benzene ring substituents is 1. The van der Waals surface area contributed by atoms with Gasteiger partial charge in [-0.15, -0.1) is 0 Å². The summed E-state index contributed by atoms with van der Waals surface area (Å²) in [7, 11) is 0. The van der Waals surface area contributed by atoms with E-state index in [9.17, 15) is 29.6 Å². The molecule has 0 radical (unpaired) electrons. The lowest BCUT2D eigenvalue weighted by atomic mass is 10.1. The SMILES string of the molecule is O=C1NC(=O)N(c2ccc(Cl)cc2Cl)C(=O)/C1=C\c1ccc([O-])c([N+](=O)[O-])c1. The van der Waals surface area contributed by atoms with E-state index in [-0.39, 0.29) is 21.3 Å². The summed E-state index contributed by atoms with van der Waals surface area (Å²) < 4.78 is 0. The topological polar surface area (TPSA) is 133 Å². The van der Waals surface area contributed by atoms with Crippen LogP contribution in [-0.4, -0.2) is 22.8 Å². The molecule has 0 aliphatic carbocycles. The van der Waals surface area contributed by atoms with Crippen LogP contribution in [-0.2, 0) is 9.59 Å². The fourth-order valence-corrected chi connectivity index (χ4v) is 2.97. The number of benzene rings is 2. The molecule has 0 saturated carbocycles. The van der Waals surface area contributed by atoms with Gasteiger partial charge in [-0.2, -0.15) is 0 Å². The van der Waals surface area contributed by atoms with Gasteiger partial charge in [0.05, 0.1) is 15.6 Å². The number of hydrogen-bond donors (Lipinski definition) is 1. The van der Waals surface area contributed by atoms with Crippen LogP contribution >= 0.6 is 23.2 Å². The molecule has 9 nitrogen and oxygen atoms in total. The van der Waals surface area contributed by atoms with Crippen LogP contribution in [0.2, 0.25) is 10.0 Å². The summed E-state index contributed by atoms with van der Waals surface area (Å²) in [6, 6.07) is 6.10. The Kier molecular flexibility index (Phi) is 5.04. The number of anilines is 1. The predicted octanol–water partition coefficient (Wildman–Crippen LogP) is 2.64. The molecule has 28 heavy (non-hydrogen) atoms. The lowest BCUT2D eigenvalue weighted by molar-refractivity contribution is -0.398. The summed E-state index contributed by atoms with van der Waals surface area (Å²) in [6.45, 7) is 0. The van der Waals surface area contributed by atoms with Crippen LogP contribution in [0, 0.1) is 10.1 Å². The molecular formula is C17H8Cl2N3O6-. The molecule has 0 spiro atoms. The van der Waals surface area contributed by atoms with E-state index in [1.165, 1.54) is 24.3 Å². The highest BCUT2D eigenvalue weighted by atomic mass is 35.5. The third-order valence-corrected chi connectivity index (χ3v) is 4.28. The predicted molar refractivity (Wildman–Crippen MR) is 98.0 cm³/mol. The Hall–Kier alpha value is -3.43.